The average molecular weight is 315 g/mol. The summed E-state index contributed by atoms with van der Waals surface area (Å²) < 4.78 is 39.5. The van der Waals surface area contributed by atoms with Gasteiger partial charge in [0.2, 0.25) is 11.6 Å². The zero-order valence-electron chi connectivity index (χ0n) is 10.8. The van der Waals surface area contributed by atoms with Gasteiger partial charge in [0.05, 0.1) is 11.5 Å². The highest BCUT2D eigenvalue weighted by Gasteiger charge is 2.48. The van der Waals surface area contributed by atoms with Gasteiger partial charge in [-0.15, -0.1) is 0 Å². The standard InChI is InChI=1S/C13H8F3NO5/c14-7-3-1-5(9(15)10(7)16)12(19)6-2-4-8(18)11(13(6)20)17(21)22/h1,3,6,11H,2,4H2. The Morgan fingerprint density at radius 2 is 1.82 bits per heavy atom. The van der Waals surface area contributed by atoms with Crippen LogP contribution in [-0.2, 0) is 9.59 Å². The molecule has 0 aliphatic heterocycles. The summed E-state index contributed by atoms with van der Waals surface area (Å²) in [5, 5.41) is 10.7. The first-order valence-corrected chi connectivity index (χ1v) is 6.13. The van der Waals surface area contributed by atoms with E-state index in [1.54, 1.807) is 0 Å². The quantitative estimate of drug-likeness (QED) is 0.277. The molecule has 0 radical (unpaired) electrons. The van der Waals surface area contributed by atoms with Crippen LogP contribution in [0.5, 0.6) is 0 Å². The van der Waals surface area contributed by atoms with Crippen molar-refractivity contribution in [2.45, 2.75) is 18.9 Å². The first-order valence-electron chi connectivity index (χ1n) is 6.13. The molecule has 9 heteroatoms. The molecule has 1 aliphatic carbocycles. The molecule has 2 unspecified atom stereocenters. The zero-order chi connectivity index (χ0) is 16.6. The molecule has 1 fully saturated rings. The maximum Gasteiger partial charge on any atom is 0.328 e. The second kappa shape index (κ2) is 5.66. The maximum atomic E-state index is 13.6. The Morgan fingerprint density at radius 3 is 2.41 bits per heavy atom. The van der Waals surface area contributed by atoms with Crippen molar-refractivity contribution in [2.24, 2.45) is 5.92 Å². The topological polar surface area (TPSA) is 94.3 Å². The van der Waals surface area contributed by atoms with Crippen LogP contribution >= 0.6 is 0 Å². The second-order valence-electron chi connectivity index (χ2n) is 4.73. The van der Waals surface area contributed by atoms with Crippen molar-refractivity contribution in [3.63, 3.8) is 0 Å². The van der Waals surface area contributed by atoms with Crippen LogP contribution in [-0.4, -0.2) is 28.3 Å². The van der Waals surface area contributed by atoms with Crippen molar-refractivity contribution in [2.75, 3.05) is 0 Å². The van der Waals surface area contributed by atoms with Crippen LogP contribution in [0.15, 0.2) is 12.1 Å². The van der Waals surface area contributed by atoms with Gasteiger partial charge in [0.1, 0.15) is 0 Å². The lowest BCUT2D eigenvalue weighted by Gasteiger charge is -2.21. The van der Waals surface area contributed by atoms with Crippen molar-refractivity contribution >= 4 is 17.3 Å². The van der Waals surface area contributed by atoms with Gasteiger partial charge < -0.3 is 0 Å². The Hall–Kier alpha value is -2.58. The number of benzene rings is 1. The normalized spacial score (nSPS) is 21.8. The number of carbonyl (C=O) groups excluding carboxylic acids is 3. The van der Waals surface area contributed by atoms with Crippen molar-refractivity contribution in [1.82, 2.24) is 0 Å². The van der Waals surface area contributed by atoms with E-state index in [0.29, 0.717) is 12.1 Å². The first kappa shape index (κ1) is 15.8. The predicted molar refractivity (Wildman–Crippen MR) is 64.2 cm³/mol. The van der Waals surface area contributed by atoms with Gasteiger partial charge in [-0.25, -0.2) is 13.2 Å². The lowest BCUT2D eigenvalue weighted by Crippen LogP contribution is -2.47. The summed E-state index contributed by atoms with van der Waals surface area (Å²) >= 11 is 0. The summed E-state index contributed by atoms with van der Waals surface area (Å²) in [6.07, 6.45) is -0.738. The number of nitrogens with zero attached hydrogens (tertiary/aromatic N) is 1. The number of nitro groups is 1. The van der Waals surface area contributed by atoms with Gasteiger partial charge in [0.15, 0.2) is 23.2 Å². The average Bonchev–Trinajstić information content (AvgIpc) is 2.44. The molecular formula is C13H8F3NO5. The van der Waals surface area contributed by atoms with E-state index >= 15 is 0 Å². The molecule has 1 aliphatic rings. The third-order valence-corrected chi connectivity index (χ3v) is 3.43. The predicted octanol–water partition coefficient (Wildman–Crippen LogP) is 1.48. The minimum Gasteiger partial charge on any atom is -0.293 e. The molecule has 116 valence electrons. The van der Waals surface area contributed by atoms with Crippen LogP contribution in [0.3, 0.4) is 0 Å². The summed E-state index contributed by atoms with van der Waals surface area (Å²) in [7, 11) is 0. The number of hydrogen-bond donors (Lipinski definition) is 0. The van der Waals surface area contributed by atoms with Crippen LogP contribution in [0, 0.1) is 33.5 Å². The molecule has 6 nitrogen and oxygen atoms in total. The lowest BCUT2D eigenvalue weighted by molar-refractivity contribution is -0.494. The molecule has 1 aromatic carbocycles. The Kier molecular flexibility index (Phi) is 4.07. The molecule has 1 aromatic rings. The molecular weight excluding hydrogens is 307 g/mol. The monoisotopic (exact) mass is 315 g/mol. The van der Waals surface area contributed by atoms with Crippen LogP contribution in [0.2, 0.25) is 0 Å². The van der Waals surface area contributed by atoms with E-state index < -0.39 is 63.7 Å². The van der Waals surface area contributed by atoms with Gasteiger partial charge in [-0.3, -0.25) is 24.5 Å². The van der Waals surface area contributed by atoms with Gasteiger partial charge in [-0.1, -0.05) is 0 Å². The summed E-state index contributed by atoms with van der Waals surface area (Å²) in [6, 6.07) is -1.02. The fraction of sp³-hybridized carbons (Fsp3) is 0.308. The molecule has 0 spiro atoms. The summed E-state index contributed by atoms with van der Waals surface area (Å²) in [5.41, 5.74) is -0.881. The fourth-order valence-electron chi connectivity index (χ4n) is 2.30. The van der Waals surface area contributed by atoms with Crippen molar-refractivity contribution in [3.05, 3.63) is 45.3 Å². The van der Waals surface area contributed by atoms with Crippen molar-refractivity contribution in [1.29, 1.82) is 0 Å². The van der Waals surface area contributed by atoms with Crippen LogP contribution < -0.4 is 0 Å². The van der Waals surface area contributed by atoms with E-state index in [9.17, 15) is 37.7 Å². The molecule has 2 atom stereocenters. The van der Waals surface area contributed by atoms with Crippen molar-refractivity contribution < 1.29 is 32.5 Å². The Bertz CT molecular complexity index is 703. The molecule has 0 saturated heterocycles. The Morgan fingerprint density at radius 1 is 1.18 bits per heavy atom. The third-order valence-electron chi connectivity index (χ3n) is 3.43. The minimum absolute atomic E-state index is 0.334. The summed E-state index contributed by atoms with van der Waals surface area (Å²) in [4.78, 5) is 44.9. The molecule has 22 heavy (non-hydrogen) atoms. The van der Waals surface area contributed by atoms with E-state index in [-0.39, 0.29) is 6.42 Å². The lowest BCUT2D eigenvalue weighted by atomic mass is 9.79. The van der Waals surface area contributed by atoms with E-state index in [1.807, 2.05) is 0 Å². The number of hydrogen-bond acceptors (Lipinski definition) is 5. The summed E-state index contributed by atoms with van der Waals surface area (Å²) in [6.45, 7) is 0. The molecule has 1 saturated carbocycles. The van der Waals surface area contributed by atoms with Crippen LogP contribution in [0.25, 0.3) is 0 Å². The largest absolute Gasteiger partial charge is 0.328 e. The number of carbonyl (C=O) groups is 3. The van der Waals surface area contributed by atoms with E-state index in [2.05, 4.69) is 0 Å². The SMILES string of the molecule is O=C(c1ccc(F)c(F)c1F)C1CCC(=O)C([N+](=O)[O-])C1=O. The number of rotatable bonds is 3. The second-order valence-corrected chi connectivity index (χ2v) is 4.73. The molecule has 0 aromatic heterocycles. The number of ketones is 3. The van der Waals surface area contributed by atoms with Gasteiger partial charge in [-0.05, 0) is 18.6 Å². The number of Topliss-reactive ketones (excluding diaryl/α,β-unsaturated/α-hetero) is 3. The molecule has 2 rings (SSSR count). The number of halogens is 3. The fourth-order valence-corrected chi connectivity index (χ4v) is 2.30. The highest BCUT2D eigenvalue weighted by molar-refractivity contribution is 6.19. The van der Waals surface area contributed by atoms with Gasteiger partial charge in [0, 0.05) is 11.3 Å². The van der Waals surface area contributed by atoms with E-state index in [0.717, 1.165) is 0 Å². The minimum atomic E-state index is -2.18. The first-order chi connectivity index (χ1) is 10.3. The van der Waals surface area contributed by atoms with Gasteiger partial charge in [0.25, 0.3) is 0 Å². The smallest absolute Gasteiger partial charge is 0.293 e. The van der Waals surface area contributed by atoms with Gasteiger partial charge in [-0.2, -0.15) is 0 Å². The maximum absolute atomic E-state index is 13.6. The molecule has 0 heterocycles. The highest BCUT2D eigenvalue weighted by Crippen LogP contribution is 2.26. The molecule has 0 N–H and O–H groups in total. The molecule has 0 bridgehead atoms. The van der Waals surface area contributed by atoms with E-state index in [1.165, 1.54) is 0 Å². The van der Waals surface area contributed by atoms with Crippen LogP contribution in [0.4, 0.5) is 13.2 Å². The van der Waals surface area contributed by atoms with Crippen molar-refractivity contribution in [3.8, 4) is 0 Å². The van der Waals surface area contributed by atoms with E-state index in [4.69, 9.17) is 0 Å². The Balaban J connectivity index is 2.38. The highest BCUT2D eigenvalue weighted by atomic mass is 19.2. The Labute approximate surface area is 121 Å². The third kappa shape index (κ3) is 2.49. The van der Waals surface area contributed by atoms with Gasteiger partial charge >= 0.3 is 6.04 Å². The molecule has 0 amide bonds. The van der Waals surface area contributed by atoms with Crippen LogP contribution in [0.1, 0.15) is 23.2 Å². The zero-order valence-corrected chi connectivity index (χ0v) is 10.8. The summed E-state index contributed by atoms with van der Waals surface area (Å²) in [5.74, 6) is -10.2.